The van der Waals surface area contributed by atoms with Crippen LogP contribution in [0.3, 0.4) is 0 Å². The van der Waals surface area contributed by atoms with Gasteiger partial charge in [0.05, 0.1) is 85.3 Å². The number of likely N-dealkylation sites (tertiary alicyclic amines) is 2. The van der Waals surface area contributed by atoms with Gasteiger partial charge < -0.3 is 86.3 Å². The Morgan fingerprint density at radius 1 is 0.440 bits per heavy atom. The van der Waals surface area contributed by atoms with Gasteiger partial charge in [-0.3, -0.25) is 72.1 Å². The number of hydrogen-bond donors (Lipinski definition) is 8. The van der Waals surface area contributed by atoms with E-state index in [2.05, 4.69) is 49.9 Å². The van der Waals surface area contributed by atoms with E-state index in [0.717, 1.165) is 43.2 Å². The number of likely N-dealkylation sites (N-methyl/N-ethyl adjacent to an activating group) is 4. The van der Waals surface area contributed by atoms with Crippen molar-refractivity contribution in [3.8, 4) is 0 Å². The summed E-state index contributed by atoms with van der Waals surface area (Å²) in [6.45, 7) is 31.4. The van der Waals surface area contributed by atoms with E-state index in [1.165, 1.54) is 21.3 Å². The van der Waals surface area contributed by atoms with Crippen LogP contribution in [0.15, 0.2) is 60.7 Å². The van der Waals surface area contributed by atoms with Crippen molar-refractivity contribution in [3.63, 3.8) is 0 Å². The van der Waals surface area contributed by atoms with Crippen LogP contribution in [0, 0.1) is 47.3 Å². The molecule has 3 fully saturated rings. The van der Waals surface area contributed by atoms with Gasteiger partial charge in [0.25, 0.3) is 11.8 Å². The average molecular weight is 1890 g/mol. The highest BCUT2D eigenvalue weighted by Crippen LogP contribution is 2.33. The van der Waals surface area contributed by atoms with Crippen molar-refractivity contribution in [2.45, 2.75) is 324 Å². The monoisotopic (exact) mass is 1890 g/mol. The maximum Gasteiger partial charge on any atom is 0.333 e. The summed E-state index contributed by atoms with van der Waals surface area (Å²) in [6, 6.07) is 12.7. The summed E-state index contributed by atoms with van der Waals surface area (Å²) < 4.78 is 24.1. The third-order valence-corrected chi connectivity index (χ3v) is 26.3. The number of rotatable bonds is 57. The minimum absolute atomic E-state index is 0.00159. The van der Waals surface area contributed by atoms with E-state index >= 15 is 0 Å². The molecule has 0 saturated carbocycles. The summed E-state index contributed by atoms with van der Waals surface area (Å²) in [6.07, 6.45) is 7.14. The predicted molar refractivity (Wildman–Crippen MR) is 518 cm³/mol. The Bertz CT molecular complexity index is 3900. The number of hydroxylamine groups is 2. The van der Waals surface area contributed by atoms with Crippen LogP contribution in [0.1, 0.15) is 237 Å². The highest BCUT2D eigenvalue weighted by molar-refractivity contribution is 6.01. The zero-order valence-electron chi connectivity index (χ0n) is 85.8. The van der Waals surface area contributed by atoms with Crippen molar-refractivity contribution in [1.29, 1.82) is 0 Å². The van der Waals surface area contributed by atoms with Crippen LogP contribution >= 0.6 is 0 Å². The molecule has 134 heavy (non-hydrogen) atoms. The molecule has 18 atom stereocenters. The summed E-state index contributed by atoms with van der Waals surface area (Å²) >= 11 is 0. The average Bonchev–Trinajstić information content (AvgIpc) is 1.72. The summed E-state index contributed by atoms with van der Waals surface area (Å²) in [5, 5.41) is 21.3. The third-order valence-electron chi connectivity index (χ3n) is 26.3. The number of carbonyl (C=O) groups is 14. The number of ether oxygens (including phenoxy) is 4. The molecule has 5 rings (SSSR count). The van der Waals surface area contributed by atoms with Crippen LogP contribution in [0.4, 0.5) is 0 Å². The molecule has 0 aromatic heterocycles. The molecule has 2 aromatic rings. The van der Waals surface area contributed by atoms with Crippen molar-refractivity contribution >= 4 is 82.8 Å². The second kappa shape index (κ2) is 61.9. The minimum atomic E-state index is -0.957. The van der Waals surface area contributed by atoms with E-state index in [4.69, 9.17) is 23.8 Å². The van der Waals surface area contributed by atoms with E-state index in [1.54, 1.807) is 61.8 Å². The first-order chi connectivity index (χ1) is 63.5. The summed E-state index contributed by atoms with van der Waals surface area (Å²) in [5.74, 6) is -6.67. The van der Waals surface area contributed by atoms with Gasteiger partial charge in [-0.2, -0.15) is 0 Å². The molecule has 0 radical (unpaired) electrons. The Hall–Kier alpha value is -9.06. The van der Waals surface area contributed by atoms with Crippen molar-refractivity contribution in [1.82, 2.24) is 71.7 Å². The molecule has 2 aromatic carbocycles. The summed E-state index contributed by atoms with van der Waals surface area (Å²) in [4.78, 5) is 203. The maximum atomic E-state index is 14.4. The molecule has 34 nitrogen and oxygen atoms in total. The Kier molecular flexibility index (Phi) is 55.0. The topological polar surface area (TPSA) is 418 Å². The molecule has 3 saturated heterocycles. The number of nitrogens with two attached hydrogens (primary N) is 1. The Balaban J connectivity index is 0.000000678. The van der Waals surface area contributed by atoms with E-state index in [1.807, 2.05) is 182 Å². The van der Waals surface area contributed by atoms with Gasteiger partial charge in [0.1, 0.15) is 24.2 Å². The molecule has 13 amide bonds. The summed E-state index contributed by atoms with van der Waals surface area (Å²) in [7, 11) is 18.5. The number of carbonyl (C=O) groups excluding carboxylic acids is 14. The second-order valence-corrected chi connectivity index (χ2v) is 38.0. The van der Waals surface area contributed by atoms with Crippen molar-refractivity contribution in [2.75, 3.05) is 110 Å². The zero-order valence-corrected chi connectivity index (χ0v) is 85.8. The van der Waals surface area contributed by atoms with E-state index < -0.39 is 126 Å². The number of hydrogen-bond acceptors (Lipinski definition) is 22. The number of methoxy groups -OCH3 is 4. The van der Waals surface area contributed by atoms with E-state index in [9.17, 15) is 67.1 Å². The van der Waals surface area contributed by atoms with Crippen molar-refractivity contribution in [2.24, 2.45) is 53.1 Å². The quantitative estimate of drug-likeness (QED) is 0.0231. The van der Waals surface area contributed by atoms with Gasteiger partial charge in [-0.25, -0.2) is 4.79 Å². The lowest BCUT2D eigenvalue weighted by Crippen LogP contribution is -2.59. The van der Waals surface area contributed by atoms with Crippen LogP contribution in [-0.2, 0) is 104 Å². The first-order valence-electron chi connectivity index (χ1n) is 48.8. The molecule has 0 unspecified atom stereocenters. The van der Waals surface area contributed by atoms with Gasteiger partial charge in [-0.05, 0) is 140 Å². The highest BCUT2D eigenvalue weighted by atomic mass is 16.7. The number of nitrogens with one attached hydrogen (secondary N) is 7. The van der Waals surface area contributed by atoms with Gasteiger partial charge in [0.15, 0.2) is 0 Å². The number of nitrogens with zero attached hydrogens (tertiary/aromatic N) is 7. The SMILES string of the molecule is CCCCCNC(=O)CCCCNC(=O)[C@H](Cc1ccccc1)NC(=O)[C@H](C)[C@@H](OC)[C@@H]1CCCN1C(=O)C[C@@H](OC)[C@H]([C@@H](C)CC)N(C)C(=O)[C@@H](NC(=O)[C@H](C(C)C)N(C)C)C(C)C.CC[C@H](C)[C@@H]([C@@H](CC(=O)N1CCC[C@H]1[C@H](OC)[C@@H](C)C(=O)N[C@@H](Cc1ccccc1)C(=O)NCCCCC(=O)ON1C(=O)CCC1=O)OC)N(C)C(=O)[C@@H](NC(=O)[C@H](C(C)C)N(C)C)C(C)C.CN. The van der Waals surface area contributed by atoms with Gasteiger partial charge >= 0.3 is 5.97 Å². The molecule has 0 spiro atoms. The van der Waals surface area contributed by atoms with Crippen LogP contribution in [-0.4, -0.2) is 313 Å². The van der Waals surface area contributed by atoms with E-state index in [0.29, 0.717) is 89.0 Å². The maximum absolute atomic E-state index is 14.4. The minimum Gasteiger partial charge on any atom is -0.379 e. The first-order valence-corrected chi connectivity index (χ1v) is 48.8. The third kappa shape index (κ3) is 37.1. The molecular weight excluding hydrogens is 1720 g/mol. The Morgan fingerprint density at radius 3 is 1.13 bits per heavy atom. The molecule has 3 aliphatic heterocycles. The lowest BCUT2D eigenvalue weighted by Gasteiger charge is -2.41. The molecule has 0 aliphatic carbocycles. The van der Waals surface area contributed by atoms with Crippen LogP contribution < -0.4 is 43.0 Å². The Morgan fingerprint density at radius 2 is 0.799 bits per heavy atom. The van der Waals surface area contributed by atoms with Crippen molar-refractivity contribution in [3.05, 3.63) is 71.8 Å². The van der Waals surface area contributed by atoms with Crippen LogP contribution in [0.5, 0.6) is 0 Å². The molecule has 34 heteroatoms. The van der Waals surface area contributed by atoms with Gasteiger partial charge in [-0.1, -0.05) is 190 Å². The number of amides is 13. The van der Waals surface area contributed by atoms with Crippen molar-refractivity contribution < 1.29 is 90.9 Å². The lowest BCUT2D eigenvalue weighted by atomic mass is 9.89. The fourth-order valence-electron chi connectivity index (χ4n) is 18.5. The first kappa shape index (κ1) is 119. The lowest BCUT2D eigenvalue weighted by molar-refractivity contribution is -0.197. The van der Waals surface area contributed by atoms with Crippen LogP contribution in [0.2, 0.25) is 0 Å². The molecule has 760 valence electrons. The molecule has 3 heterocycles. The highest BCUT2D eigenvalue weighted by Gasteiger charge is 2.47. The van der Waals surface area contributed by atoms with Crippen LogP contribution in [0.25, 0.3) is 0 Å². The number of unbranched alkanes of at least 4 members (excludes halogenated alkanes) is 4. The number of benzene rings is 2. The molecule has 0 bridgehead atoms. The largest absolute Gasteiger partial charge is 0.379 e. The molecular formula is C100H171N15O19. The van der Waals surface area contributed by atoms with Gasteiger partial charge in [-0.15, -0.1) is 5.06 Å². The normalized spacial score (nSPS) is 18.1. The fraction of sp³-hybridized carbons (Fsp3) is 0.740. The predicted octanol–water partition coefficient (Wildman–Crippen LogP) is 7.78. The zero-order chi connectivity index (χ0) is 101. The van der Waals surface area contributed by atoms with Gasteiger partial charge in [0.2, 0.25) is 65.0 Å². The summed E-state index contributed by atoms with van der Waals surface area (Å²) in [5.41, 5.74) is 6.21. The standard InChI is InChI=1S/C50H87N7O8.C49H79N7O11.CH5N/c1-14-16-21-28-51-41(58)27-20-22-29-52-48(61)38(31-37-24-18-17-19-25-37)53-47(60)36(8)46(65-13)39-26-23-30-57(39)42(59)32-40(64-12)45(35(7)15-2)56(11)50(63)43(33(3)4)54-49(62)44(34(5)6)55(9)10;1-13-32(6)44(54(10)49(64)42(30(2)3)52-48(63)43(31(4)5)53(8)9)37(65-11)29-40(59)55-27-19-22-36(55)45(66-12)33(7)46(61)51-35(28-34-20-15-14-16-21-34)47(62)50-26-18-17-23-41(60)67-56-38(57)24-25-39(56)58;1-2/h17-19,24-25,33-36,38-40,43-46H,14-16,20-23,26-32H2,1-13H3,(H,51,58)(H,52,61)(H,53,60)(H,54,62);14-16,20-21,30-33,35-37,42-45H,13,17-19,22-29H2,1-12H3,(H,50,62)(H,51,61)(H,52,63);2H2,1H3/t35-,36+,38-,39-,40+,43-,44-,45-,46+;32-,33+,35-,36-,37+,42-,43-,44-,45+;/m00./s1. The smallest absolute Gasteiger partial charge is 0.333 e. The fourth-order valence-corrected chi connectivity index (χ4v) is 18.5. The van der Waals surface area contributed by atoms with E-state index in [-0.39, 0.29) is 140 Å². The Labute approximate surface area is 800 Å². The van der Waals surface area contributed by atoms with Gasteiger partial charge in [0, 0.05) is 114 Å². The molecule has 9 N–H and O–H groups in total. The molecule has 3 aliphatic rings. The number of imide groups is 1. The second-order valence-electron chi connectivity index (χ2n) is 38.0.